The molecule has 5 rings (SSSR count). The number of piperidine rings is 1. The van der Waals surface area contributed by atoms with E-state index in [1.165, 1.54) is 11.1 Å². The number of likely N-dealkylation sites (tertiary alicyclic amines) is 1. The Labute approximate surface area is 272 Å². The number of aromatic nitrogens is 1. The number of nitrogens with zero attached hydrogens (tertiary/aromatic N) is 2. The highest BCUT2D eigenvalue weighted by atomic mass is 35.5. The number of hydrogen-bond acceptors (Lipinski definition) is 2. The van der Waals surface area contributed by atoms with Gasteiger partial charge in [0.15, 0.2) is 12.4 Å². The van der Waals surface area contributed by atoms with Crippen LogP contribution < -0.4 is 21.7 Å². The number of halogens is 3. The highest BCUT2D eigenvalue weighted by Crippen LogP contribution is 2.40. The van der Waals surface area contributed by atoms with Crippen molar-refractivity contribution in [3.8, 4) is 5.75 Å². The van der Waals surface area contributed by atoms with Crippen molar-refractivity contribution in [2.24, 2.45) is 0 Å². The third-order valence-corrected chi connectivity index (χ3v) is 8.89. The maximum Gasteiger partial charge on any atom is 0.227 e. The third kappa shape index (κ3) is 8.75. The lowest BCUT2D eigenvalue weighted by molar-refractivity contribution is -0.698. The van der Waals surface area contributed by atoms with Crippen molar-refractivity contribution in [2.75, 3.05) is 13.1 Å². The number of amides is 1. The van der Waals surface area contributed by atoms with E-state index in [9.17, 15) is 4.79 Å². The summed E-state index contributed by atoms with van der Waals surface area (Å²) in [5.74, 6) is 0.935. The minimum absolute atomic E-state index is 0. The van der Waals surface area contributed by atoms with Crippen molar-refractivity contribution in [1.82, 2.24) is 4.90 Å². The van der Waals surface area contributed by atoms with Crippen LogP contribution in [0, 0.1) is 0 Å². The number of carbonyl (C=O) groups is 1. The first-order valence-electron chi connectivity index (χ1n) is 14.8. The zero-order valence-corrected chi connectivity index (χ0v) is 27.1. The molecule has 0 bridgehead atoms. The van der Waals surface area contributed by atoms with Gasteiger partial charge in [0.25, 0.3) is 0 Å². The first kappa shape index (κ1) is 32.9. The second-order valence-corrected chi connectivity index (χ2v) is 12.5. The lowest BCUT2D eigenvalue weighted by Gasteiger charge is -2.43. The number of hydrogen-bond donors (Lipinski definition) is 0. The Morgan fingerprint density at radius 2 is 1.63 bits per heavy atom. The van der Waals surface area contributed by atoms with E-state index in [4.69, 9.17) is 27.9 Å². The average Bonchev–Trinajstić information content (AvgIpc) is 2.99. The fourth-order valence-electron chi connectivity index (χ4n) is 5.97. The van der Waals surface area contributed by atoms with Gasteiger partial charge < -0.3 is 22.0 Å². The molecule has 7 heteroatoms. The number of pyridine rings is 1. The fraction of sp³-hybridized carbons (Fsp3) is 0.333. The van der Waals surface area contributed by atoms with Gasteiger partial charge in [-0.15, -0.1) is 0 Å². The molecular weight excluding hydrogens is 599 g/mol. The number of carbonyl (C=O) groups excluding carboxylic acids is 1. The summed E-state index contributed by atoms with van der Waals surface area (Å²) in [6.07, 6.45) is 8.49. The molecule has 1 fully saturated rings. The maximum absolute atomic E-state index is 13.6. The topological polar surface area (TPSA) is 33.4 Å². The summed E-state index contributed by atoms with van der Waals surface area (Å²) in [5, 5.41) is 1.10. The molecule has 3 aromatic carbocycles. The Bertz CT molecular complexity index is 1490. The Kier molecular flexibility index (Phi) is 11.5. The zero-order valence-electron chi connectivity index (χ0n) is 24.8. The lowest BCUT2D eigenvalue weighted by Crippen LogP contribution is -3.00. The van der Waals surface area contributed by atoms with Crippen molar-refractivity contribution in [1.29, 1.82) is 0 Å². The van der Waals surface area contributed by atoms with Gasteiger partial charge in [-0.05, 0) is 79.6 Å². The van der Waals surface area contributed by atoms with Gasteiger partial charge in [-0.2, -0.15) is 0 Å². The molecule has 0 spiro atoms. The van der Waals surface area contributed by atoms with E-state index in [0.717, 1.165) is 55.6 Å². The molecule has 1 aromatic heterocycles. The minimum Gasteiger partial charge on any atom is -1.00 e. The molecule has 43 heavy (non-hydrogen) atoms. The van der Waals surface area contributed by atoms with Crippen molar-refractivity contribution in [2.45, 2.75) is 64.0 Å². The zero-order chi connectivity index (χ0) is 29.5. The van der Waals surface area contributed by atoms with Crippen LogP contribution in [-0.2, 0) is 29.6 Å². The van der Waals surface area contributed by atoms with E-state index in [-0.39, 0.29) is 29.8 Å². The van der Waals surface area contributed by atoms with Crippen LogP contribution in [-0.4, -0.2) is 30.0 Å². The van der Waals surface area contributed by atoms with Crippen molar-refractivity contribution < 1.29 is 26.5 Å². The Balaban J connectivity index is 0.00000423. The predicted molar refractivity (Wildman–Crippen MR) is 170 cm³/mol. The average molecular weight is 638 g/mol. The van der Waals surface area contributed by atoms with Gasteiger partial charge in [0.1, 0.15) is 12.3 Å². The van der Waals surface area contributed by atoms with Gasteiger partial charge >= 0.3 is 0 Å². The molecular formula is C36H39Cl3N2O2. The molecule has 1 saturated heterocycles. The molecule has 1 atom stereocenters. The van der Waals surface area contributed by atoms with E-state index < -0.39 is 0 Å². The normalized spacial score (nSPS) is 16.5. The quantitative estimate of drug-likeness (QED) is 0.233. The maximum atomic E-state index is 13.6. The summed E-state index contributed by atoms with van der Waals surface area (Å²) >= 11 is 12.8. The van der Waals surface area contributed by atoms with Gasteiger partial charge in [0.2, 0.25) is 5.91 Å². The van der Waals surface area contributed by atoms with E-state index in [1.54, 1.807) is 0 Å². The molecule has 0 saturated carbocycles. The van der Waals surface area contributed by atoms with Crippen molar-refractivity contribution >= 4 is 29.1 Å². The molecule has 1 unspecified atom stereocenters. The molecule has 0 radical (unpaired) electrons. The number of ether oxygens (including phenoxy) is 1. The fourth-order valence-corrected chi connectivity index (χ4v) is 6.27. The number of rotatable bonds is 10. The number of benzene rings is 3. The lowest BCUT2D eigenvalue weighted by atomic mass is 9.71. The van der Waals surface area contributed by atoms with Crippen LogP contribution in [0.15, 0.2) is 97.3 Å². The van der Waals surface area contributed by atoms with Crippen LogP contribution in [0.25, 0.3) is 0 Å². The van der Waals surface area contributed by atoms with Crippen LogP contribution in [0.1, 0.15) is 55.4 Å². The second kappa shape index (κ2) is 15.1. The van der Waals surface area contributed by atoms with E-state index in [2.05, 4.69) is 59.4 Å². The largest absolute Gasteiger partial charge is 1.00 e. The summed E-state index contributed by atoms with van der Waals surface area (Å²) in [5.41, 5.74) is 4.48. The van der Waals surface area contributed by atoms with E-state index >= 15 is 0 Å². The van der Waals surface area contributed by atoms with Crippen LogP contribution in [0.4, 0.5) is 0 Å². The Hall–Kier alpha value is -3.05. The minimum atomic E-state index is -0.222. The van der Waals surface area contributed by atoms with E-state index in [0.29, 0.717) is 23.0 Å². The van der Waals surface area contributed by atoms with Crippen LogP contribution in [0.3, 0.4) is 0 Å². The molecule has 0 N–H and O–H groups in total. The van der Waals surface area contributed by atoms with Crippen LogP contribution in [0.2, 0.25) is 10.0 Å². The van der Waals surface area contributed by atoms with Crippen molar-refractivity contribution in [3.63, 3.8) is 0 Å². The smallest absolute Gasteiger partial charge is 0.227 e. The second-order valence-electron chi connectivity index (χ2n) is 11.7. The highest BCUT2D eigenvalue weighted by Gasteiger charge is 2.39. The molecule has 1 aliphatic rings. The van der Waals surface area contributed by atoms with Crippen molar-refractivity contribution in [3.05, 3.63) is 130 Å². The first-order chi connectivity index (χ1) is 20.3. The summed E-state index contributed by atoms with van der Waals surface area (Å²) < 4.78 is 8.10. The number of aryl methyl sites for hydroxylation is 1. The molecule has 1 amide bonds. The summed E-state index contributed by atoms with van der Waals surface area (Å²) in [6.45, 7) is 6.25. The summed E-state index contributed by atoms with van der Waals surface area (Å²) in [4.78, 5) is 15.7. The monoisotopic (exact) mass is 636 g/mol. The molecule has 0 aliphatic carbocycles. The standard InChI is InChI=1S/C36H39Cl2N2O2.ClH/c1-27(2)42-32-11-6-10-30(23-32)24-35(41)40-18-7-16-36(26-40,31-12-13-33(37)34(38)25-31)17-21-39-19-14-29(15-20-39)22-28-8-4-3-5-9-28;/h3-6,8-15,19-20,23,25,27H,7,16-18,21-22,24,26H2,1-2H3;1H/q+1;/p-1. The first-order valence-corrected chi connectivity index (χ1v) is 15.6. The van der Waals surface area contributed by atoms with Gasteiger partial charge in [0.05, 0.1) is 22.6 Å². The van der Waals surface area contributed by atoms with Gasteiger partial charge in [-0.25, -0.2) is 4.57 Å². The van der Waals surface area contributed by atoms with E-state index in [1.807, 2.05) is 61.2 Å². The molecule has 4 nitrogen and oxygen atoms in total. The van der Waals surface area contributed by atoms with Crippen LogP contribution in [0.5, 0.6) is 5.75 Å². The molecule has 4 aromatic rings. The third-order valence-electron chi connectivity index (χ3n) is 8.15. The van der Waals surface area contributed by atoms with Gasteiger partial charge in [-0.1, -0.05) is 71.7 Å². The molecule has 1 aliphatic heterocycles. The SMILES string of the molecule is CC(C)Oc1cccc(CC(=O)N2CCCC(CC[n+]3ccc(Cc4ccccc4)cc3)(c3ccc(Cl)c(Cl)c3)C2)c1.[Cl-]. The molecule has 2 heterocycles. The van der Waals surface area contributed by atoms with Gasteiger partial charge in [-0.3, -0.25) is 4.79 Å². The Morgan fingerprint density at radius 3 is 2.35 bits per heavy atom. The highest BCUT2D eigenvalue weighted by molar-refractivity contribution is 6.42. The summed E-state index contributed by atoms with van der Waals surface area (Å²) in [7, 11) is 0. The van der Waals surface area contributed by atoms with Crippen LogP contribution >= 0.6 is 23.2 Å². The predicted octanol–water partition coefficient (Wildman–Crippen LogP) is 4.86. The van der Waals surface area contributed by atoms with Gasteiger partial charge in [0, 0.05) is 37.1 Å². The summed E-state index contributed by atoms with van der Waals surface area (Å²) in [6, 6.07) is 28.8. The molecule has 226 valence electrons. The Morgan fingerprint density at radius 1 is 0.907 bits per heavy atom.